The Bertz CT molecular complexity index is 1170. The van der Waals surface area contributed by atoms with E-state index in [1.54, 1.807) is 41.1 Å². The van der Waals surface area contributed by atoms with Crippen molar-refractivity contribution in [2.45, 2.75) is 20.4 Å². The van der Waals surface area contributed by atoms with Crippen molar-refractivity contribution in [1.82, 2.24) is 25.0 Å². The van der Waals surface area contributed by atoms with Gasteiger partial charge in [0, 0.05) is 29.2 Å². The third-order valence-corrected chi connectivity index (χ3v) is 5.67. The molecule has 1 aromatic heterocycles. The van der Waals surface area contributed by atoms with Gasteiger partial charge in [0.05, 0.1) is 17.9 Å². The number of hydrogen-bond donors (Lipinski definition) is 1. The van der Waals surface area contributed by atoms with Crippen molar-refractivity contribution >= 4 is 23.2 Å². The molecule has 9 heteroatoms. The molecule has 1 aliphatic rings. The molecule has 0 atom stereocenters. The Balaban J connectivity index is 1.66. The number of hydrogen-bond acceptors (Lipinski definition) is 5. The molecule has 0 fully saturated rings. The number of benzene rings is 2. The van der Waals surface area contributed by atoms with Crippen molar-refractivity contribution < 1.29 is 9.18 Å². The lowest BCUT2D eigenvalue weighted by Crippen LogP contribution is -2.35. The number of aromatic nitrogens is 3. The van der Waals surface area contributed by atoms with Crippen LogP contribution in [0.2, 0.25) is 5.02 Å². The summed E-state index contributed by atoms with van der Waals surface area (Å²) in [5.74, 6) is -0.150. The van der Waals surface area contributed by atoms with Gasteiger partial charge in [-0.1, -0.05) is 37.6 Å². The average molecular weight is 455 g/mol. The molecule has 166 valence electrons. The first-order valence-electron chi connectivity index (χ1n) is 10.6. The monoisotopic (exact) mass is 454 g/mol. The number of fused-ring (bicyclic) bond motifs is 3. The Morgan fingerprint density at radius 2 is 1.97 bits per heavy atom. The first-order valence-corrected chi connectivity index (χ1v) is 11.0. The Hall–Kier alpha value is -3.10. The van der Waals surface area contributed by atoms with Crippen LogP contribution >= 0.6 is 11.6 Å². The molecule has 0 aliphatic carbocycles. The summed E-state index contributed by atoms with van der Waals surface area (Å²) >= 11 is 6.25. The van der Waals surface area contributed by atoms with Gasteiger partial charge in [-0.05, 0) is 43.4 Å². The van der Waals surface area contributed by atoms with E-state index in [-0.39, 0.29) is 24.1 Å². The van der Waals surface area contributed by atoms with Crippen LogP contribution < -0.4 is 5.32 Å². The van der Waals surface area contributed by atoms with Crippen LogP contribution in [0, 0.1) is 5.82 Å². The Morgan fingerprint density at radius 3 is 2.72 bits per heavy atom. The van der Waals surface area contributed by atoms with Gasteiger partial charge in [-0.3, -0.25) is 9.79 Å². The van der Waals surface area contributed by atoms with Gasteiger partial charge < -0.3 is 10.2 Å². The van der Waals surface area contributed by atoms with Gasteiger partial charge in [0.1, 0.15) is 5.82 Å². The Kier molecular flexibility index (Phi) is 6.62. The third kappa shape index (κ3) is 4.42. The lowest BCUT2D eigenvalue weighted by molar-refractivity contribution is 0.0938. The predicted octanol–water partition coefficient (Wildman–Crippen LogP) is 3.48. The topological polar surface area (TPSA) is 75.4 Å². The molecule has 3 aromatic rings. The lowest BCUT2D eigenvalue weighted by Gasteiger charge is -2.17. The zero-order valence-electron chi connectivity index (χ0n) is 18.0. The zero-order chi connectivity index (χ0) is 22.7. The summed E-state index contributed by atoms with van der Waals surface area (Å²) in [4.78, 5) is 23.9. The second-order valence-corrected chi connectivity index (χ2v) is 7.79. The molecule has 2 heterocycles. The maximum Gasteiger partial charge on any atom is 0.291 e. The molecule has 1 N–H and O–H groups in total. The second kappa shape index (κ2) is 9.58. The average Bonchev–Trinajstić information content (AvgIpc) is 3.16. The highest BCUT2D eigenvalue weighted by molar-refractivity contribution is 6.31. The van der Waals surface area contributed by atoms with Crippen LogP contribution in [0.3, 0.4) is 0 Å². The van der Waals surface area contributed by atoms with Crippen molar-refractivity contribution in [2.75, 3.05) is 26.2 Å². The maximum absolute atomic E-state index is 14.5. The molecule has 0 unspecified atom stereocenters. The van der Waals surface area contributed by atoms with Crippen molar-refractivity contribution in [2.24, 2.45) is 4.99 Å². The van der Waals surface area contributed by atoms with E-state index in [2.05, 4.69) is 39.1 Å². The van der Waals surface area contributed by atoms with Crippen LogP contribution in [0.5, 0.6) is 0 Å². The summed E-state index contributed by atoms with van der Waals surface area (Å²) in [6, 6.07) is 11.7. The molecule has 1 amide bonds. The molecule has 0 saturated heterocycles. The molecule has 32 heavy (non-hydrogen) atoms. The maximum atomic E-state index is 14.5. The van der Waals surface area contributed by atoms with E-state index >= 15 is 0 Å². The fourth-order valence-corrected chi connectivity index (χ4v) is 3.86. The number of nitrogens with one attached hydrogen (secondary N) is 1. The van der Waals surface area contributed by atoms with E-state index in [9.17, 15) is 9.18 Å². The minimum Gasteiger partial charge on any atom is -0.348 e. The summed E-state index contributed by atoms with van der Waals surface area (Å²) in [6.45, 7) is 7.42. The SMILES string of the molecule is CCN(CC)CCNC(=O)c1nc2n(n1)-c1ccc(Cl)cc1C(c1ccccc1F)=NC2. The van der Waals surface area contributed by atoms with Crippen LogP contribution in [0.4, 0.5) is 4.39 Å². The standard InChI is InChI=1S/C23H24ClFN6O/c1-3-30(4-2)12-11-26-23(32)22-28-20-14-27-21(16-7-5-6-8-18(16)25)17-13-15(24)9-10-19(17)31(20)29-22/h5-10,13H,3-4,11-12,14H2,1-2H3,(H,26,32). The number of nitrogens with zero attached hydrogens (tertiary/aromatic N) is 5. The first kappa shape index (κ1) is 22.1. The van der Waals surface area contributed by atoms with Crippen LogP contribution in [-0.4, -0.2) is 57.5 Å². The smallest absolute Gasteiger partial charge is 0.291 e. The molecule has 0 bridgehead atoms. The van der Waals surface area contributed by atoms with Crippen molar-refractivity contribution in [3.63, 3.8) is 0 Å². The summed E-state index contributed by atoms with van der Waals surface area (Å²) in [6.07, 6.45) is 0. The molecule has 0 radical (unpaired) electrons. The molecule has 0 saturated carbocycles. The highest BCUT2D eigenvalue weighted by Crippen LogP contribution is 2.27. The summed E-state index contributed by atoms with van der Waals surface area (Å²) < 4.78 is 16.1. The van der Waals surface area contributed by atoms with E-state index in [1.165, 1.54) is 6.07 Å². The van der Waals surface area contributed by atoms with Gasteiger partial charge in [-0.25, -0.2) is 14.1 Å². The van der Waals surface area contributed by atoms with Gasteiger partial charge >= 0.3 is 0 Å². The summed E-state index contributed by atoms with van der Waals surface area (Å²) in [5, 5.41) is 7.80. The number of carbonyl (C=O) groups is 1. The van der Waals surface area contributed by atoms with E-state index in [0.717, 1.165) is 19.6 Å². The van der Waals surface area contributed by atoms with Crippen molar-refractivity contribution in [3.8, 4) is 5.69 Å². The molecule has 0 spiro atoms. The quantitative estimate of drug-likeness (QED) is 0.593. The molecule has 7 nitrogen and oxygen atoms in total. The normalized spacial score (nSPS) is 12.7. The number of likely N-dealkylation sites (N-methyl/N-ethyl adjacent to an activating group) is 1. The van der Waals surface area contributed by atoms with Gasteiger partial charge in [-0.15, -0.1) is 5.10 Å². The first-order chi connectivity index (χ1) is 15.5. The molecule has 4 rings (SSSR count). The zero-order valence-corrected chi connectivity index (χ0v) is 18.7. The Labute approximate surface area is 190 Å². The number of aliphatic imine (C=N–C) groups is 1. The van der Waals surface area contributed by atoms with E-state index in [4.69, 9.17) is 11.6 Å². The van der Waals surface area contributed by atoms with Gasteiger partial charge in [0.15, 0.2) is 5.82 Å². The minimum absolute atomic E-state index is 0.0741. The van der Waals surface area contributed by atoms with Crippen molar-refractivity contribution in [3.05, 3.63) is 76.1 Å². The van der Waals surface area contributed by atoms with E-state index in [0.29, 0.717) is 39.9 Å². The number of rotatable bonds is 7. The van der Waals surface area contributed by atoms with Crippen LogP contribution in [0.15, 0.2) is 47.5 Å². The van der Waals surface area contributed by atoms with Gasteiger partial charge in [-0.2, -0.15) is 0 Å². The number of carbonyl (C=O) groups excluding carboxylic acids is 1. The number of amides is 1. The highest BCUT2D eigenvalue weighted by Gasteiger charge is 2.25. The highest BCUT2D eigenvalue weighted by atomic mass is 35.5. The molecule has 1 aliphatic heterocycles. The fourth-order valence-electron chi connectivity index (χ4n) is 3.68. The second-order valence-electron chi connectivity index (χ2n) is 7.35. The van der Waals surface area contributed by atoms with E-state index < -0.39 is 0 Å². The summed E-state index contributed by atoms with van der Waals surface area (Å²) in [7, 11) is 0. The lowest BCUT2D eigenvalue weighted by atomic mass is 10.00. The van der Waals surface area contributed by atoms with E-state index in [1.807, 2.05) is 0 Å². The molecular formula is C23H24ClFN6O. The third-order valence-electron chi connectivity index (χ3n) is 5.43. The van der Waals surface area contributed by atoms with Crippen molar-refractivity contribution in [1.29, 1.82) is 0 Å². The number of halogens is 2. The molecule has 2 aromatic carbocycles. The van der Waals surface area contributed by atoms with Crippen LogP contribution in [0.1, 0.15) is 41.4 Å². The van der Waals surface area contributed by atoms with Crippen LogP contribution in [0.25, 0.3) is 5.69 Å². The summed E-state index contributed by atoms with van der Waals surface area (Å²) in [5.41, 5.74) is 2.10. The Morgan fingerprint density at radius 1 is 1.19 bits per heavy atom. The van der Waals surface area contributed by atoms with Gasteiger partial charge in [0.25, 0.3) is 5.91 Å². The largest absolute Gasteiger partial charge is 0.348 e. The van der Waals surface area contributed by atoms with Gasteiger partial charge in [0.2, 0.25) is 5.82 Å². The predicted molar refractivity (Wildman–Crippen MR) is 122 cm³/mol. The van der Waals surface area contributed by atoms with Crippen LogP contribution in [-0.2, 0) is 6.54 Å². The molecular weight excluding hydrogens is 431 g/mol. The minimum atomic E-state index is -0.377. The fraction of sp³-hybridized carbons (Fsp3) is 0.304.